The van der Waals surface area contributed by atoms with Gasteiger partial charge in [0.1, 0.15) is 0 Å². The number of aliphatic hydroxyl groups is 1. The third-order valence-electron chi connectivity index (χ3n) is 2.83. The van der Waals surface area contributed by atoms with Crippen molar-refractivity contribution in [2.24, 2.45) is 0 Å². The van der Waals surface area contributed by atoms with Crippen LogP contribution in [0.3, 0.4) is 0 Å². The van der Waals surface area contributed by atoms with Crippen molar-refractivity contribution in [2.75, 3.05) is 32.5 Å². The van der Waals surface area contributed by atoms with Gasteiger partial charge in [-0.15, -0.1) is 5.10 Å². The van der Waals surface area contributed by atoms with E-state index in [1.54, 1.807) is 11.4 Å². The third-order valence-corrected chi connectivity index (χ3v) is 2.83. The molecule has 1 atom stereocenters. The Morgan fingerprint density at radius 2 is 2.16 bits per heavy atom. The molecule has 0 amide bonds. The summed E-state index contributed by atoms with van der Waals surface area (Å²) in [7, 11) is 3.86. The highest BCUT2D eigenvalue weighted by atomic mass is 16.3. The maximum Gasteiger partial charge on any atom is 0.243 e. The van der Waals surface area contributed by atoms with E-state index in [9.17, 15) is 5.11 Å². The Labute approximate surface area is 113 Å². The smallest absolute Gasteiger partial charge is 0.243 e. The molecule has 0 aliphatic heterocycles. The summed E-state index contributed by atoms with van der Waals surface area (Å²) in [5.41, 5.74) is 1.00. The van der Waals surface area contributed by atoms with Gasteiger partial charge in [-0.1, -0.05) is 6.07 Å². The van der Waals surface area contributed by atoms with Crippen LogP contribution in [0.5, 0.6) is 0 Å². The number of aryl methyl sites for hydroxylation is 1. The van der Waals surface area contributed by atoms with Crippen molar-refractivity contribution in [2.45, 2.75) is 19.4 Å². The standard InChI is InChI=1S/C13H21N5O/c1-10-6-5-7-11-15-12(16-18(10)11)14-8-13(2,19)9-17(3)4/h5-7,19H,8-9H2,1-4H3,(H,14,16). The Balaban J connectivity index is 2.08. The van der Waals surface area contributed by atoms with Gasteiger partial charge in [-0.25, -0.2) is 4.52 Å². The van der Waals surface area contributed by atoms with Gasteiger partial charge in [-0.05, 0) is 40.1 Å². The zero-order chi connectivity index (χ0) is 14.0. The molecule has 2 N–H and O–H groups in total. The van der Waals surface area contributed by atoms with Crippen molar-refractivity contribution in [3.8, 4) is 0 Å². The van der Waals surface area contributed by atoms with Gasteiger partial charge in [0.15, 0.2) is 5.65 Å². The van der Waals surface area contributed by atoms with Crippen LogP contribution in [0.4, 0.5) is 5.95 Å². The number of nitrogens with zero attached hydrogens (tertiary/aromatic N) is 4. The Bertz CT molecular complexity index is 561. The molecule has 0 aliphatic carbocycles. The van der Waals surface area contributed by atoms with E-state index in [1.807, 2.05) is 44.1 Å². The summed E-state index contributed by atoms with van der Waals surface area (Å²) in [6.45, 7) is 4.75. The second-order valence-electron chi connectivity index (χ2n) is 5.46. The van der Waals surface area contributed by atoms with E-state index in [2.05, 4.69) is 15.4 Å². The predicted octanol–water partition coefficient (Wildman–Crippen LogP) is 0.762. The fraction of sp³-hybridized carbons (Fsp3) is 0.538. The van der Waals surface area contributed by atoms with Crippen LogP contribution in [0.15, 0.2) is 18.2 Å². The topological polar surface area (TPSA) is 65.7 Å². The van der Waals surface area contributed by atoms with Gasteiger partial charge in [0.05, 0.1) is 5.60 Å². The highest BCUT2D eigenvalue weighted by Crippen LogP contribution is 2.10. The molecule has 0 fully saturated rings. The first kappa shape index (κ1) is 13.8. The normalized spacial score (nSPS) is 14.8. The Kier molecular flexibility index (Phi) is 3.73. The van der Waals surface area contributed by atoms with Crippen LogP contribution >= 0.6 is 0 Å². The second kappa shape index (κ2) is 5.14. The molecule has 0 radical (unpaired) electrons. The van der Waals surface area contributed by atoms with Crippen LogP contribution in [-0.2, 0) is 0 Å². The molecule has 2 heterocycles. The molecule has 2 rings (SSSR count). The van der Waals surface area contributed by atoms with Gasteiger partial charge in [-0.2, -0.15) is 4.98 Å². The lowest BCUT2D eigenvalue weighted by molar-refractivity contribution is 0.0458. The number of aromatic nitrogens is 3. The number of rotatable bonds is 5. The summed E-state index contributed by atoms with van der Waals surface area (Å²) in [5, 5.41) is 17.7. The van der Waals surface area contributed by atoms with Crippen molar-refractivity contribution in [3.63, 3.8) is 0 Å². The van der Waals surface area contributed by atoms with E-state index in [0.717, 1.165) is 11.3 Å². The maximum absolute atomic E-state index is 10.2. The number of fused-ring (bicyclic) bond motifs is 1. The average Bonchev–Trinajstić information content (AvgIpc) is 2.69. The Hall–Kier alpha value is -1.66. The van der Waals surface area contributed by atoms with Crippen molar-refractivity contribution < 1.29 is 5.11 Å². The van der Waals surface area contributed by atoms with Gasteiger partial charge < -0.3 is 15.3 Å². The summed E-state index contributed by atoms with van der Waals surface area (Å²) in [4.78, 5) is 6.32. The number of hydrogen-bond acceptors (Lipinski definition) is 5. The number of hydrogen-bond donors (Lipinski definition) is 2. The summed E-state index contributed by atoms with van der Waals surface area (Å²) in [6, 6.07) is 5.84. The molecule has 0 saturated carbocycles. The zero-order valence-electron chi connectivity index (χ0n) is 11.9. The minimum Gasteiger partial charge on any atom is -0.387 e. The lowest BCUT2D eigenvalue weighted by Gasteiger charge is -2.26. The summed E-state index contributed by atoms with van der Waals surface area (Å²) in [6.07, 6.45) is 0. The molecule has 2 aromatic heterocycles. The van der Waals surface area contributed by atoms with Crippen molar-refractivity contribution in [3.05, 3.63) is 23.9 Å². The van der Waals surface area contributed by atoms with Gasteiger partial charge in [-0.3, -0.25) is 0 Å². The lowest BCUT2D eigenvalue weighted by atomic mass is 10.1. The van der Waals surface area contributed by atoms with Crippen LogP contribution in [0.2, 0.25) is 0 Å². The fourth-order valence-electron chi connectivity index (χ4n) is 2.12. The highest BCUT2D eigenvalue weighted by molar-refractivity contribution is 5.44. The number of nitrogens with one attached hydrogen (secondary N) is 1. The van der Waals surface area contributed by atoms with E-state index < -0.39 is 5.60 Å². The minimum absolute atomic E-state index is 0.404. The largest absolute Gasteiger partial charge is 0.387 e. The van der Waals surface area contributed by atoms with Crippen LogP contribution < -0.4 is 5.32 Å². The SMILES string of the molecule is Cc1cccc2nc(NCC(C)(O)CN(C)C)nn12. The quantitative estimate of drug-likeness (QED) is 0.834. The van der Waals surface area contributed by atoms with E-state index in [-0.39, 0.29) is 0 Å². The Morgan fingerprint density at radius 3 is 2.79 bits per heavy atom. The van der Waals surface area contributed by atoms with Crippen molar-refractivity contribution in [1.82, 2.24) is 19.5 Å². The molecular formula is C13H21N5O. The van der Waals surface area contributed by atoms with Gasteiger partial charge in [0.25, 0.3) is 0 Å². The first-order chi connectivity index (χ1) is 8.87. The highest BCUT2D eigenvalue weighted by Gasteiger charge is 2.21. The molecule has 0 saturated heterocycles. The fourth-order valence-corrected chi connectivity index (χ4v) is 2.12. The predicted molar refractivity (Wildman–Crippen MR) is 75.4 cm³/mol. The Morgan fingerprint density at radius 1 is 1.42 bits per heavy atom. The molecule has 2 aromatic rings. The number of likely N-dealkylation sites (N-methyl/N-ethyl adjacent to an activating group) is 1. The zero-order valence-corrected chi connectivity index (χ0v) is 11.9. The van der Waals surface area contributed by atoms with E-state index >= 15 is 0 Å². The molecule has 6 nitrogen and oxygen atoms in total. The molecule has 1 unspecified atom stereocenters. The molecule has 19 heavy (non-hydrogen) atoms. The van der Waals surface area contributed by atoms with Crippen LogP contribution in [0.25, 0.3) is 5.65 Å². The van der Waals surface area contributed by atoms with Crippen LogP contribution in [0.1, 0.15) is 12.6 Å². The molecule has 6 heteroatoms. The average molecular weight is 263 g/mol. The molecule has 0 spiro atoms. The summed E-state index contributed by atoms with van der Waals surface area (Å²) < 4.78 is 1.78. The summed E-state index contributed by atoms with van der Waals surface area (Å²) in [5.74, 6) is 0.535. The molecule has 104 valence electrons. The first-order valence-electron chi connectivity index (χ1n) is 6.31. The second-order valence-corrected chi connectivity index (χ2v) is 5.46. The van der Waals surface area contributed by atoms with E-state index in [0.29, 0.717) is 19.0 Å². The number of pyridine rings is 1. The molecular weight excluding hydrogens is 242 g/mol. The van der Waals surface area contributed by atoms with Crippen LogP contribution in [-0.4, -0.2) is 57.4 Å². The van der Waals surface area contributed by atoms with Gasteiger partial charge >= 0.3 is 0 Å². The van der Waals surface area contributed by atoms with Crippen LogP contribution in [0, 0.1) is 6.92 Å². The minimum atomic E-state index is -0.823. The van der Waals surface area contributed by atoms with Crippen molar-refractivity contribution in [1.29, 1.82) is 0 Å². The molecule has 0 aromatic carbocycles. The maximum atomic E-state index is 10.2. The van der Waals surface area contributed by atoms with Crippen molar-refractivity contribution >= 4 is 11.6 Å². The van der Waals surface area contributed by atoms with E-state index in [4.69, 9.17) is 0 Å². The molecule has 0 bridgehead atoms. The van der Waals surface area contributed by atoms with Gasteiger partial charge in [0, 0.05) is 18.8 Å². The first-order valence-corrected chi connectivity index (χ1v) is 6.31. The number of anilines is 1. The monoisotopic (exact) mass is 263 g/mol. The summed E-state index contributed by atoms with van der Waals surface area (Å²) >= 11 is 0. The third kappa shape index (κ3) is 3.42. The van der Waals surface area contributed by atoms with E-state index in [1.165, 1.54) is 0 Å². The molecule has 0 aliphatic rings. The van der Waals surface area contributed by atoms with Gasteiger partial charge in [0.2, 0.25) is 5.95 Å². The lowest BCUT2D eigenvalue weighted by Crippen LogP contribution is -2.43.